The van der Waals surface area contributed by atoms with E-state index in [1.807, 2.05) is 24.3 Å². The summed E-state index contributed by atoms with van der Waals surface area (Å²) in [5, 5.41) is 52.6. The maximum absolute atomic E-state index is 13.9. The Kier molecular flexibility index (Phi) is 13.1. The van der Waals surface area contributed by atoms with Crippen LogP contribution in [-0.4, -0.2) is 130 Å². The van der Waals surface area contributed by atoms with Crippen LogP contribution in [0, 0.1) is 0 Å². The molecule has 2 saturated heterocycles. The molecule has 0 saturated carbocycles. The third-order valence-electron chi connectivity index (χ3n) is 10.1. The van der Waals surface area contributed by atoms with Gasteiger partial charge in [-0.15, -0.1) is 0 Å². The van der Waals surface area contributed by atoms with Gasteiger partial charge in [0.15, 0.2) is 12.1 Å². The van der Waals surface area contributed by atoms with Crippen molar-refractivity contribution in [1.29, 1.82) is 0 Å². The molecule has 6 N–H and O–H groups in total. The normalized spacial score (nSPS) is 28.7. The van der Waals surface area contributed by atoms with Crippen LogP contribution in [0.15, 0.2) is 66.3 Å². The van der Waals surface area contributed by atoms with Gasteiger partial charge in [0.1, 0.15) is 48.3 Å². The summed E-state index contributed by atoms with van der Waals surface area (Å²) in [7, 11) is 0. The highest BCUT2D eigenvalue weighted by Gasteiger charge is 2.55. The van der Waals surface area contributed by atoms with E-state index >= 15 is 0 Å². The number of aliphatic hydroxyl groups excluding tert-OH is 5. The summed E-state index contributed by atoms with van der Waals surface area (Å²) in [6, 6.07) is 13.8. The van der Waals surface area contributed by atoms with Gasteiger partial charge in [-0.1, -0.05) is 54.6 Å². The summed E-state index contributed by atoms with van der Waals surface area (Å²) in [6.45, 7) is 4.15. The molecule has 2 aliphatic heterocycles. The fourth-order valence-corrected chi connectivity index (χ4v) is 7.39. The highest BCUT2D eigenvalue weighted by atomic mass is 16.8. The predicted molar refractivity (Wildman–Crippen MR) is 198 cm³/mol. The fourth-order valence-electron chi connectivity index (χ4n) is 7.39. The standard InChI is InChI=1S/C41H51NO14/c1-40(2,3)55-32(45)15-14-27(21-43)42-37(49)26-17-29(36-30(18-26)54-41(56-36)19-24-10-4-5-11-25(24)20-41)52-38(50)28-13-7-6-9-23(28)12-8-16-51-39-35(48)34(47)33(46)31(22-44)53-39/h4-13,18,27,29-31,33-36,39,43-44,46-48H,14-17,19-22H2,1-3H3,(H,42,49)/t27-,29+,30+,31+,33-,34-,35+,36-,39-/m0/s1. The highest BCUT2D eigenvalue weighted by molar-refractivity contribution is 5.95. The lowest BCUT2D eigenvalue weighted by atomic mass is 9.91. The van der Waals surface area contributed by atoms with Crippen molar-refractivity contribution in [2.24, 2.45) is 0 Å². The molecule has 2 fully saturated rings. The summed E-state index contributed by atoms with van der Waals surface area (Å²) in [4.78, 5) is 39.9. The highest BCUT2D eigenvalue weighted by Crippen LogP contribution is 2.45. The molecule has 0 bridgehead atoms. The zero-order chi connectivity index (χ0) is 40.2. The van der Waals surface area contributed by atoms with Crippen molar-refractivity contribution in [2.45, 2.75) is 119 Å². The largest absolute Gasteiger partial charge is 0.460 e. The molecule has 2 aromatic carbocycles. The first-order valence-corrected chi connectivity index (χ1v) is 18.8. The summed E-state index contributed by atoms with van der Waals surface area (Å²) >= 11 is 0. The fraction of sp³-hybridized carbons (Fsp3) is 0.537. The first-order valence-electron chi connectivity index (χ1n) is 18.8. The first-order chi connectivity index (χ1) is 26.7. The van der Waals surface area contributed by atoms with Crippen LogP contribution in [0.4, 0.5) is 0 Å². The Morgan fingerprint density at radius 1 is 0.964 bits per heavy atom. The minimum Gasteiger partial charge on any atom is -0.460 e. The second-order valence-electron chi connectivity index (χ2n) is 15.5. The molecule has 56 heavy (non-hydrogen) atoms. The molecule has 0 aromatic heterocycles. The van der Waals surface area contributed by atoms with Crippen molar-refractivity contribution in [1.82, 2.24) is 5.32 Å². The van der Waals surface area contributed by atoms with Crippen molar-refractivity contribution in [3.8, 4) is 0 Å². The molecular formula is C41H51NO14. The minimum absolute atomic E-state index is 0.0134. The van der Waals surface area contributed by atoms with E-state index < -0.39 is 97.5 Å². The quantitative estimate of drug-likeness (QED) is 0.158. The van der Waals surface area contributed by atoms with Gasteiger partial charge in [0.2, 0.25) is 5.91 Å². The second-order valence-corrected chi connectivity index (χ2v) is 15.5. The summed E-state index contributed by atoms with van der Waals surface area (Å²) in [5.41, 5.74) is 2.43. The van der Waals surface area contributed by atoms with Gasteiger partial charge in [-0.05, 0) is 56.0 Å². The molecule has 304 valence electrons. The van der Waals surface area contributed by atoms with Crippen LogP contribution < -0.4 is 5.32 Å². The Bertz CT molecular complexity index is 1760. The van der Waals surface area contributed by atoms with E-state index in [0.29, 0.717) is 18.4 Å². The van der Waals surface area contributed by atoms with Gasteiger partial charge in [0.25, 0.3) is 0 Å². The number of aliphatic hydroxyl groups is 5. The first kappa shape index (κ1) is 41.6. The number of hydrogen-bond donors (Lipinski definition) is 6. The molecule has 15 nitrogen and oxygen atoms in total. The molecule has 1 spiro atoms. The van der Waals surface area contributed by atoms with Crippen LogP contribution in [0.2, 0.25) is 0 Å². The Labute approximate surface area is 324 Å². The lowest BCUT2D eigenvalue weighted by molar-refractivity contribution is -0.298. The Morgan fingerprint density at radius 3 is 2.34 bits per heavy atom. The van der Waals surface area contributed by atoms with E-state index in [2.05, 4.69) is 5.32 Å². The van der Waals surface area contributed by atoms with Gasteiger partial charge in [0.05, 0.1) is 31.4 Å². The topological polar surface area (TPSA) is 220 Å². The Morgan fingerprint density at radius 2 is 1.66 bits per heavy atom. The molecule has 4 aliphatic rings. The lowest BCUT2D eigenvalue weighted by Gasteiger charge is -2.39. The molecule has 1 amide bonds. The number of hydrogen-bond acceptors (Lipinski definition) is 14. The molecule has 9 atom stereocenters. The van der Waals surface area contributed by atoms with Crippen LogP contribution in [0.5, 0.6) is 0 Å². The van der Waals surface area contributed by atoms with E-state index in [1.165, 1.54) is 0 Å². The number of nitrogens with one attached hydrogen (secondary N) is 1. The van der Waals surface area contributed by atoms with Crippen LogP contribution in [0.3, 0.4) is 0 Å². The number of esters is 2. The number of carbonyl (C=O) groups is 3. The van der Waals surface area contributed by atoms with Crippen molar-refractivity contribution >= 4 is 23.9 Å². The van der Waals surface area contributed by atoms with Gasteiger partial charge in [0, 0.05) is 31.3 Å². The maximum atomic E-state index is 13.9. The average Bonchev–Trinajstić information content (AvgIpc) is 3.72. The van der Waals surface area contributed by atoms with E-state index in [4.69, 9.17) is 28.4 Å². The molecule has 6 rings (SSSR count). The summed E-state index contributed by atoms with van der Waals surface area (Å²) in [5.74, 6) is -2.66. The molecule has 0 radical (unpaired) electrons. The third kappa shape index (κ3) is 9.73. The van der Waals surface area contributed by atoms with E-state index in [0.717, 1.165) is 11.1 Å². The summed E-state index contributed by atoms with van der Waals surface area (Å²) < 4.78 is 35.6. The molecule has 0 unspecified atom stereocenters. The van der Waals surface area contributed by atoms with Gasteiger partial charge in [-0.3, -0.25) is 9.59 Å². The van der Waals surface area contributed by atoms with Gasteiger partial charge < -0.3 is 59.3 Å². The molecule has 2 aliphatic carbocycles. The molecule has 15 heteroatoms. The van der Waals surface area contributed by atoms with Gasteiger partial charge >= 0.3 is 11.9 Å². The Hall–Kier alpha value is -4.03. The van der Waals surface area contributed by atoms with E-state index in [9.17, 15) is 39.9 Å². The molecule has 2 heterocycles. The smallest absolute Gasteiger partial charge is 0.339 e. The number of ether oxygens (including phenoxy) is 6. The van der Waals surface area contributed by atoms with Crippen LogP contribution in [0.25, 0.3) is 6.08 Å². The van der Waals surface area contributed by atoms with Crippen LogP contribution in [0.1, 0.15) is 67.1 Å². The number of benzene rings is 2. The summed E-state index contributed by atoms with van der Waals surface area (Å²) in [6.07, 6.45) is -3.60. The number of rotatable bonds is 13. The Balaban J connectivity index is 1.15. The lowest BCUT2D eigenvalue weighted by Crippen LogP contribution is -2.59. The van der Waals surface area contributed by atoms with Crippen molar-refractivity contribution in [2.75, 3.05) is 19.8 Å². The van der Waals surface area contributed by atoms with Gasteiger partial charge in [-0.25, -0.2) is 4.79 Å². The zero-order valence-corrected chi connectivity index (χ0v) is 31.6. The minimum atomic E-state index is -1.58. The predicted octanol–water partition coefficient (Wildman–Crippen LogP) is 1.25. The average molecular weight is 782 g/mol. The maximum Gasteiger partial charge on any atom is 0.339 e. The second kappa shape index (κ2) is 17.6. The third-order valence-corrected chi connectivity index (χ3v) is 10.1. The molecule has 2 aromatic rings. The van der Waals surface area contributed by atoms with E-state index in [1.54, 1.807) is 63.3 Å². The van der Waals surface area contributed by atoms with Crippen molar-refractivity contribution < 1.29 is 68.3 Å². The van der Waals surface area contributed by atoms with Crippen LogP contribution >= 0.6 is 0 Å². The number of carbonyl (C=O) groups excluding carboxylic acids is 3. The van der Waals surface area contributed by atoms with E-state index in [-0.39, 0.29) is 37.0 Å². The number of fused-ring (bicyclic) bond motifs is 2. The van der Waals surface area contributed by atoms with Gasteiger partial charge in [-0.2, -0.15) is 0 Å². The zero-order valence-electron chi connectivity index (χ0n) is 31.6. The van der Waals surface area contributed by atoms with Crippen molar-refractivity contribution in [3.05, 3.63) is 88.5 Å². The monoisotopic (exact) mass is 781 g/mol. The van der Waals surface area contributed by atoms with Crippen LogP contribution in [-0.2, 0) is 50.9 Å². The molecular weight excluding hydrogens is 730 g/mol. The SMILES string of the molecule is CC(C)(C)OC(=O)CC[C@@H](CO)NC(=O)C1=C[C@H]2OC3(Cc4ccccc4C3)O[C@H]2[C@H](OC(=O)c2ccccc2C=CCO[C@H]2O[C@H](CO)[C@H](O)[C@H](O)[C@H]2O)C1. The number of amides is 1. The van der Waals surface area contributed by atoms with Crippen molar-refractivity contribution in [3.63, 3.8) is 0 Å².